The fourth-order valence-electron chi connectivity index (χ4n) is 3.69. The number of cyclic esters (lactones) is 1. The van der Waals surface area contributed by atoms with E-state index in [1.807, 2.05) is 4.90 Å². The van der Waals surface area contributed by atoms with Crippen molar-refractivity contribution in [1.29, 1.82) is 0 Å². The van der Waals surface area contributed by atoms with Crippen LogP contribution in [0.25, 0.3) is 11.3 Å². The van der Waals surface area contributed by atoms with Crippen molar-refractivity contribution in [2.75, 3.05) is 24.6 Å². The van der Waals surface area contributed by atoms with Gasteiger partial charge in [-0.05, 0) is 45.0 Å². The monoisotopic (exact) mass is 433 g/mol. The molecule has 30 heavy (non-hydrogen) atoms. The van der Waals surface area contributed by atoms with Crippen LogP contribution in [0.5, 0.6) is 0 Å². The predicted octanol–water partition coefficient (Wildman–Crippen LogP) is 3.64. The normalized spacial score (nSPS) is 17.6. The highest BCUT2D eigenvalue weighted by Gasteiger charge is 2.51. The summed E-state index contributed by atoms with van der Waals surface area (Å²) in [5, 5.41) is 8.68. The van der Waals surface area contributed by atoms with Crippen LogP contribution in [-0.4, -0.2) is 47.4 Å². The van der Waals surface area contributed by atoms with Gasteiger partial charge in [0.05, 0.1) is 17.5 Å². The first-order valence-corrected chi connectivity index (χ1v) is 9.90. The maximum atomic E-state index is 14.3. The lowest BCUT2D eigenvalue weighted by Gasteiger charge is -2.47. The van der Waals surface area contributed by atoms with Crippen molar-refractivity contribution in [3.8, 4) is 11.3 Å². The Hall–Kier alpha value is -2.74. The van der Waals surface area contributed by atoms with Crippen LogP contribution in [0.15, 0.2) is 24.3 Å². The van der Waals surface area contributed by atoms with Crippen LogP contribution in [0.2, 0.25) is 5.02 Å². The Bertz CT molecular complexity index is 1030. The first-order valence-electron chi connectivity index (χ1n) is 9.52. The van der Waals surface area contributed by atoms with Gasteiger partial charge in [0.2, 0.25) is 0 Å². The molecule has 0 unspecified atom stereocenters. The average molecular weight is 434 g/mol. The lowest BCUT2D eigenvalue weighted by molar-refractivity contribution is -0.137. The number of anilines is 1. The first-order chi connectivity index (χ1) is 14.1. The van der Waals surface area contributed by atoms with Crippen molar-refractivity contribution < 1.29 is 23.5 Å². The summed E-state index contributed by atoms with van der Waals surface area (Å²) >= 11 is 6.00. The molecule has 2 aliphatic heterocycles. The van der Waals surface area contributed by atoms with Crippen LogP contribution in [0, 0.1) is 11.2 Å². The van der Waals surface area contributed by atoms with Crippen LogP contribution in [0.3, 0.4) is 0 Å². The molecular weight excluding hydrogens is 413 g/mol. The molecule has 1 aromatic carbocycles. The Kier molecular flexibility index (Phi) is 4.92. The van der Waals surface area contributed by atoms with Gasteiger partial charge in [0.1, 0.15) is 23.6 Å². The minimum Gasteiger partial charge on any atom is -0.465 e. The van der Waals surface area contributed by atoms with Gasteiger partial charge in [-0.1, -0.05) is 11.6 Å². The van der Waals surface area contributed by atoms with Crippen molar-refractivity contribution in [1.82, 2.24) is 10.2 Å². The Balaban J connectivity index is 1.70. The van der Waals surface area contributed by atoms with Crippen molar-refractivity contribution >= 4 is 29.4 Å². The molecule has 1 aromatic heterocycles. The number of hydrogen-bond acceptors (Lipinski definition) is 7. The molecule has 158 valence electrons. The molecule has 7 nitrogen and oxygen atoms in total. The lowest BCUT2D eigenvalue weighted by Crippen LogP contribution is -2.57. The molecule has 0 amide bonds. The molecule has 3 heterocycles. The van der Waals surface area contributed by atoms with Gasteiger partial charge in [0, 0.05) is 23.7 Å². The second-order valence-corrected chi connectivity index (χ2v) is 9.22. The molecule has 2 fully saturated rings. The zero-order valence-corrected chi connectivity index (χ0v) is 17.6. The molecule has 0 radical (unpaired) electrons. The summed E-state index contributed by atoms with van der Waals surface area (Å²) in [5.74, 6) is -1.00. The van der Waals surface area contributed by atoms with Gasteiger partial charge in [-0.15, -0.1) is 10.2 Å². The maximum Gasteiger partial charge on any atom is 0.342 e. The molecule has 0 N–H and O–H groups in total. The van der Waals surface area contributed by atoms with Gasteiger partial charge in [-0.3, -0.25) is 4.79 Å². The van der Waals surface area contributed by atoms with E-state index in [-0.39, 0.29) is 28.2 Å². The number of rotatable bonds is 3. The highest BCUT2D eigenvalue weighted by atomic mass is 35.5. The smallest absolute Gasteiger partial charge is 0.342 e. The Labute approximate surface area is 178 Å². The van der Waals surface area contributed by atoms with Gasteiger partial charge in [0.15, 0.2) is 5.82 Å². The Morgan fingerprint density at radius 3 is 2.63 bits per heavy atom. The standard InChI is InChI=1S/C21H21ClFN3O4/c1-20(2,3)30-19(28)14-7-16(13-6-12(22)4-5-15(13)23)24-25-18(14)26-9-21(10-26)8-17(27)29-11-21/h4-7H,8-11H2,1-3H3. The van der Waals surface area contributed by atoms with Gasteiger partial charge in [-0.2, -0.15) is 0 Å². The van der Waals surface area contributed by atoms with Gasteiger partial charge in [0.25, 0.3) is 0 Å². The summed E-state index contributed by atoms with van der Waals surface area (Å²) in [6.45, 7) is 6.65. The third kappa shape index (κ3) is 3.96. The third-order valence-corrected chi connectivity index (χ3v) is 5.24. The van der Waals surface area contributed by atoms with Crippen molar-refractivity contribution in [2.24, 2.45) is 5.41 Å². The summed E-state index contributed by atoms with van der Waals surface area (Å²) in [5.41, 5.74) is -0.493. The van der Waals surface area contributed by atoms with E-state index in [2.05, 4.69) is 10.2 Å². The number of carbonyl (C=O) groups is 2. The first kappa shape index (κ1) is 20.5. The summed E-state index contributed by atoms with van der Waals surface area (Å²) in [4.78, 5) is 26.3. The van der Waals surface area contributed by atoms with Gasteiger partial charge < -0.3 is 14.4 Å². The highest BCUT2D eigenvalue weighted by Crippen LogP contribution is 2.42. The Morgan fingerprint density at radius 1 is 1.27 bits per heavy atom. The second-order valence-electron chi connectivity index (χ2n) is 8.79. The lowest BCUT2D eigenvalue weighted by atomic mass is 9.79. The molecule has 0 atom stereocenters. The van der Waals surface area contributed by atoms with E-state index in [0.717, 1.165) is 0 Å². The van der Waals surface area contributed by atoms with Crippen LogP contribution in [-0.2, 0) is 14.3 Å². The molecule has 1 spiro atoms. The Morgan fingerprint density at radius 2 is 2.00 bits per heavy atom. The fraction of sp³-hybridized carbons (Fsp3) is 0.429. The third-order valence-electron chi connectivity index (χ3n) is 5.01. The number of nitrogens with zero attached hydrogens (tertiary/aromatic N) is 3. The fourth-order valence-corrected chi connectivity index (χ4v) is 3.86. The zero-order valence-electron chi connectivity index (χ0n) is 16.9. The van der Waals surface area contributed by atoms with Gasteiger partial charge >= 0.3 is 11.9 Å². The minimum absolute atomic E-state index is 0.140. The van der Waals surface area contributed by atoms with E-state index >= 15 is 0 Å². The van der Waals surface area contributed by atoms with Crippen molar-refractivity contribution in [3.05, 3.63) is 40.7 Å². The van der Waals surface area contributed by atoms with Crippen LogP contribution >= 0.6 is 11.6 Å². The molecule has 2 saturated heterocycles. The number of benzene rings is 1. The molecular formula is C21H21ClFN3O4. The number of ether oxygens (including phenoxy) is 2. The molecule has 9 heteroatoms. The maximum absolute atomic E-state index is 14.3. The quantitative estimate of drug-likeness (QED) is 0.683. The topological polar surface area (TPSA) is 81.6 Å². The van der Waals surface area contributed by atoms with E-state index in [1.54, 1.807) is 20.8 Å². The largest absolute Gasteiger partial charge is 0.465 e. The summed E-state index contributed by atoms with van der Waals surface area (Å²) in [7, 11) is 0. The van der Waals surface area contributed by atoms with Crippen LogP contribution in [0.1, 0.15) is 37.6 Å². The second kappa shape index (κ2) is 7.19. The van der Waals surface area contributed by atoms with E-state index in [0.29, 0.717) is 37.0 Å². The molecule has 4 rings (SSSR count). The zero-order chi connectivity index (χ0) is 21.7. The molecule has 2 aliphatic rings. The number of esters is 2. The van der Waals surface area contributed by atoms with E-state index in [9.17, 15) is 14.0 Å². The predicted molar refractivity (Wildman–Crippen MR) is 108 cm³/mol. The average Bonchev–Trinajstić information content (AvgIpc) is 3.03. The SMILES string of the molecule is CC(C)(C)OC(=O)c1cc(-c2cc(Cl)ccc2F)nnc1N1CC2(COC(=O)C2)C1. The van der Waals surface area contributed by atoms with E-state index < -0.39 is 17.4 Å². The summed E-state index contributed by atoms with van der Waals surface area (Å²) < 4.78 is 25.0. The van der Waals surface area contributed by atoms with Crippen molar-refractivity contribution in [3.63, 3.8) is 0 Å². The molecule has 2 aromatic rings. The number of hydrogen-bond donors (Lipinski definition) is 0. The highest BCUT2D eigenvalue weighted by molar-refractivity contribution is 6.30. The number of aromatic nitrogens is 2. The van der Waals surface area contributed by atoms with E-state index in [1.165, 1.54) is 24.3 Å². The molecule has 0 aliphatic carbocycles. The summed E-state index contributed by atoms with van der Waals surface area (Å²) in [6.07, 6.45) is 0.338. The molecule has 0 saturated carbocycles. The van der Waals surface area contributed by atoms with Gasteiger partial charge in [-0.25, -0.2) is 9.18 Å². The van der Waals surface area contributed by atoms with Crippen molar-refractivity contribution in [2.45, 2.75) is 32.8 Å². The van der Waals surface area contributed by atoms with E-state index in [4.69, 9.17) is 21.1 Å². The molecule has 0 bridgehead atoms. The summed E-state index contributed by atoms with van der Waals surface area (Å²) in [6, 6.07) is 5.56. The minimum atomic E-state index is -0.721. The van der Waals surface area contributed by atoms with Crippen LogP contribution < -0.4 is 4.90 Å². The number of halogens is 2. The van der Waals surface area contributed by atoms with Crippen LogP contribution in [0.4, 0.5) is 10.2 Å². The number of carbonyl (C=O) groups excluding carboxylic acids is 2.